The highest BCUT2D eigenvalue weighted by molar-refractivity contribution is 7.89. The average molecular weight is 420 g/mol. The van der Waals surface area contributed by atoms with E-state index in [0.29, 0.717) is 32.0 Å². The summed E-state index contributed by atoms with van der Waals surface area (Å²) in [6, 6.07) is 3.20. The number of sulfonamides is 1. The molecule has 4 rings (SSSR count). The van der Waals surface area contributed by atoms with Crippen LogP contribution in [0.3, 0.4) is 0 Å². The van der Waals surface area contributed by atoms with E-state index >= 15 is 0 Å². The van der Waals surface area contributed by atoms with Crippen molar-refractivity contribution < 1.29 is 13.2 Å². The highest BCUT2D eigenvalue weighted by Crippen LogP contribution is 2.30. The van der Waals surface area contributed by atoms with Gasteiger partial charge in [0.25, 0.3) is 0 Å². The molecule has 0 radical (unpaired) electrons. The van der Waals surface area contributed by atoms with Crippen molar-refractivity contribution in [2.75, 3.05) is 33.7 Å². The lowest BCUT2D eigenvalue weighted by atomic mass is 9.96. The van der Waals surface area contributed by atoms with Gasteiger partial charge < -0.3 is 14.4 Å². The summed E-state index contributed by atoms with van der Waals surface area (Å²) in [5.41, 5.74) is 0. The quantitative estimate of drug-likeness (QED) is 0.727. The molecule has 4 heterocycles. The van der Waals surface area contributed by atoms with Gasteiger partial charge in [-0.2, -0.15) is 4.31 Å². The van der Waals surface area contributed by atoms with Crippen LogP contribution < -0.4 is 0 Å². The third-order valence-electron chi connectivity index (χ3n) is 5.53. The molecule has 0 spiro atoms. The van der Waals surface area contributed by atoms with Gasteiger partial charge >= 0.3 is 6.03 Å². The molecule has 2 aliphatic rings. The first-order valence-corrected chi connectivity index (χ1v) is 11.1. The van der Waals surface area contributed by atoms with Gasteiger partial charge in [0, 0.05) is 58.6 Å². The molecule has 0 N–H and O–H groups in total. The highest BCUT2D eigenvalue weighted by atomic mass is 32.2. The summed E-state index contributed by atoms with van der Waals surface area (Å²) in [5, 5.41) is 8.66. The Morgan fingerprint density at radius 3 is 2.55 bits per heavy atom. The number of urea groups is 1. The predicted molar refractivity (Wildman–Crippen MR) is 104 cm³/mol. The van der Waals surface area contributed by atoms with E-state index in [9.17, 15) is 13.2 Å². The standard InChI is InChI=1S/C18H25N7O3S/c1-22(2)18(26)23-8-5-14(6-9-23)17-21-20-16-13-24(10-11-25(16)17)29(27,28)15-4-3-7-19-12-15/h3-4,7,12,14H,5-6,8-11,13H2,1-2H3. The number of carbonyl (C=O) groups is 1. The zero-order valence-corrected chi connectivity index (χ0v) is 17.4. The van der Waals surface area contributed by atoms with Gasteiger partial charge in [0.2, 0.25) is 10.0 Å². The number of hydrogen-bond acceptors (Lipinski definition) is 6. The molecular formula is C18H25N7O3S. The zero-order chi connectivity index (χ0) is 20.6. The van der Waals surface area contributed by atoms with Crippen LogP contribution in [0.15, 0.2) is 29.4 Å². The fourth-order valence-electron chi connectivity index (χ4n) is 3.93. The summed E-state index contributed by atoms with van der Waals surface area (Å²) in [4.78, 5) is 19.7. The van der Waals surface area contributed by atoms with E-state index in [0.717, 1.165) is 18.7 Å². The average Bonchev–Trinajstić information content (AvgIpc) is 3.17. The van der Waals surface area contributed by atoms with Crippen molar-refractivity contribution in [2.24, 2.45) is 0 Å². The van der Waals surface area contributed by atoms with Crippen molar-refractivity contribution in [3.8, 4) is 0 Å². The predicted octanol–water partition coefficient (Wildman–Crippen LogP) is 0.739. The van der Waals surface area contributed by atoms with Crippen molar-refractivity contribution in [1.29, 1.82) is 0 Å². The van der Waals surface area contributed by atoms with Crippen molar-refractivity contribution in [1.82, 2.24) is 33.9 Å². The Bertz CT molecular complexity index is 982. The lowest BCUT2D eigenvalue weighted by Crippen LogP contribution is -2.44. The van der Waals surface area contributed by atoms with Crippen LogP contribution in [0.1, 0.15) is 30.4 Å². The Hall–Kier alpha value is -2.53. The first kappa shape index (κ1) is 19.8. The molecule has 0 atom stereocenters. The number of nitrogens with zero attached hydrogens (tertiary/aromatic N) is 7. The number of carbonyl (C=O) groups excluding carboxylic acids is 1. The van der Waals surface area contributed by atoms with Crippen molar-refractivity contribution >= 4 is 16.1 Å². The Morgan fingerprint density at radius 2 is 1.90 bits per heavy atom. The van der Waals surface area contributed by atoms with Gasteiger partial charge in [-0.3, -0.25) is 4.98 Å². The number of piperidine rings is 1. The van der Waals surface area contributed by atoms with Crippen LogP contribution in [0.4, 0.5) is 4.79 Å². The molecule has 2 aliphatic heterocycles. The molecule has 2 amide bonds. The van der Waals surface area contributed by atoms with Gasteiger partial charge in [-0.1, -0.05) is 0 Å². The van der Waals surface area contributed by atoms with Crippen LogP contribution in [0.2, 0.25) is 0 Å². The van der Waals surface area contributed by atoms with E-state index in [1.165, 1.54) is 10.5 Å². The van der Waals surface area contributed by atoms with Crippen LogP contribution in [-0.4, -0.2) is 82.0 Å². The number of hydrogen-bond donors (Lipinski definition) is 0. The molecule has 2 aromatic rings. The fourth-order valence-corrected chi connectivity index (χ4v) is 5.28. The maximum absolute atomic E-state index is 12.8. The Kier molecular flexibility index (Phi) is 5.26. The maximum atomic E-state index is 12.8. The van der Waals surface area contributed by atoms with Gasteiger partial charge in [0.05, 0.1) is 6.54 Å². The molecule has 10 nitrogen and oxygen atoms in total. The van der Waals surface area contributed by atoms with Crippen molar-refractivity contribution in [3.63, 3.8) is 0 Å². The number of rotatable bonds is 3. The number of fused-ring (bicyclic) bond motifs is 1. The minimum Gasteiger partial charge on any atom is -0.331 e. The molecule has 1 fully saturated rings. The third kappa shape index (κ3) is 3.71. The molecule has 0 aromatic carbocycles. The van der Waals surface area contributed by atoms with E-state index in [-0.39, 0.29) is 23.4 Å². The van der Waals surface area contributed by atoms with E-state index in [1.54, 1.807) is 37.3 Å². The smallest absolute Gasteiger partial charge is 0.319 e. The topological polar surface area (TPSA) is 105 Å². The number of aromatic nitrogens is 4. The van der Waals surface area contributed by atoms with Crippen LogP contribution in [-0.2, 0) is 23.1 Å². The van der Waals surface area contributed by atoms with Gasteiger partial charge in [-0.25, -0.2) is 13.2 Å². The molecular weight excluding hydrogens is 394 g/mol. The molecule has 29 heavy (non-hydrogen) atoms. The summed E-state index contributed by atoms with van der Waals surface area (Å²) in [6.07, 6.45) is 4.57. The van der Waals surface area contributed by atoms with Crippen LogP contribution in [0.5, 0.6) is 0 Å². The fraction of sp³-hybridized carbons (Fsp3) is 0.556. The molecule has 0 aliphatic carbocycles. The second-order valence-corrected chi connectivity index (χ2v) is 9.53. The third-order valence-corrected chi connectivity index (χ3v) is 7.36. The Balaban J connectivity index is 1.46. The van der Waals surface area contributed by atoms with Crippen molar-refractivity contribution in [2.45, 2.75) is 36.7 Å². The van der Waals surface area contributed by atoms with E-state index in [2.05, 4.69) is 15.2 Å². The SMILES string of the molecule is CN(C)C(=O)N1CCC(c2nnc3n2CCN(S(=O)(=O)c2cccnc2)C3)CC1. The first-order chi connectivity index (χ1) is 13.9. The van der Waals surface area contributed by atoms with E-state index in [1.807, 2.05) is 9.47 Å². The van der Waals surface area contributed by atoms with Gasteiger partial charge in [0.15, 0.2) is 0 Å². The normalized spacial score (nSPS) is 18.5. The van der Waals surface area contributed by atoms with E-state index < -0.39 is 10.0 Å². The molecule has 0 saturated carbocycles. The monoisotopic (exact) mass is 419 g/mol. The molecule has 11 heteroatoms. The summed E-state index contributed by atoms with van der Waals surface area (Å²) in [7, 11) is -0.0873. The minimum absolute atomic E-state index is 0.0305. The van der Waals surface area contributed by atoms with Gasteiger partial charge in [-0.15, -0.1) is 10.2 Å². The largest absolute Gasteiger partial charge is 0.331 e. The molecule has 0 unspecified atom stereocenters. The summed E-state index contributed by atoms with van der Waals surface area (Å²) < 4.78 is 29.2. The van der Waals surface area contributed by atoms with Crippen LogP contribution >= 0.6 is 0 Å². The second kappa shape index (κ2) is 7.71. The maximum Gasteiger partial charge on any atom is 0.319 e. The molecule has 1 saturated heterocycles. The van der Waals surface area contributed by atoms with E-state index in [4.69, 9.17) is 0 Å². The number of pyridine rings is 1. The molecule has 156 valence electrons. The van der Waals surface area contributed by atoms with Gasteiger partial charge in [-0.05, 0) is 25.0 Å². The number of amides is 2. The molecule has 0 bridgehead atoms. The van der Waals surface area contributed by atoms with Crippen LogP contribution in [0, 0.1) is 0 Å². The zero-order valence-electron chi connectivity index (χ0n) is 16.6. The van der Waals surface area contributed by atoms with Crippen LogP contribution in [0.25, 0.3) is 0 Å². The van der Waals surface area contributed by atoms with Gasteiger partial charge in [0.1, 0.15) is 16.5 Å². The first-order valence-electron chi connectivity index (χ1n) is 9.66. The Labute approximate surface area is 170 Å². The Morgan fingerprint density at radius 1 is 1.14 bits per heavy atom. The second-order valence-electron chi connectivity index (χ2n) is 7.59. The lowest BCUT2D eigenvalue weighted by molar-refractivity contribution is 0.155. The minimum atomic E-state index is -3.60. The lowest BCUT2D eigenvalue weighted by Gasteiger charge is -2.34. The summed E-state index contributed by atoms with van der Waals surface area (Å²) in [6.45, 7) is 2.46. The summed E-state index contributed by atoms with van der Waals surface area (Å²) >= 11 is 0. The number of likely N-dealkylation sites (tertiary alicyclic amines) is 1. The molecule has 2 aromatic heterocycles. The van der Waals surface area contributed by atoms with Crippen molar-refractivity contribution in [3.05, 3.63) is 36.2 Å². The summed E-state index contributed by atoms with van der Waals surface area (Å²) in [5.74, 6) is 1.78. The highest BCUT2D eigenvalue weighted by Gasteiger charge is 2.33.